The highest BCUT2D eigenvalue weighted by Gasteiger charge is 2.28. The van der Waals surface area contributed by atoms with Crippen LogP contribution in [0.3, 0.4) is 0 Å². The van der Waals surface area contributed by atoms with Crippen LogP contribution in [0.1, 0.15) is 24.0 Å². The second-order valence-electron chi connectivity index (χ2n) is 6.54. The smallest absolute Gasteiger partial charge is 0.261 e. The normalized spacial score (nSPS) is 18.5. The largest absolute Gasteiger partial charge is 0.325 e. The summed E-state index contributed by atoms with van der Waals surface area (Å²) < 4.78 is 28.0. The molecule has 2 amide bonds. The van der Waals surface area contributed by atoms with Crippen molar-refractivity contribution in [3.05, 3.63) is 47.5 Å². The highest BCUT2D eigenvalue weighted by Crippen LogP contribution is 2.35. The van der Waals surface area contributed by atoms with Gasteiger partial charge in [0.25, 0.3) is 10.0 Å². The van der Waals surface area contributed by atoms with Crippen molar-refractivity contribution < 1.29 is 18.0 Å². The predicted octanol–water partition coefficient (Wildman–Crippen LogP) is 2.06. The van der Waals surface area contributed by atoms with Gasteiger partial charge in [0.2, 0.25) is 11.8 Å². The summed E-state index contributed by atoms with van der Waals surface area (Å²) in [7, 11) is -2.14. The molecule has 0 radical (unpaired) electrons. The molecular formula is C18H17N3O4S. The lowest BCUT2D eigenvalue weighted by atomic mass is 10.0. The predicted molar refractivity (Wildman–Crippen MR) is 97.9 cm³/mol. The van der Waals surface area contributed by atoms with Crippen LogP contribution in [0.4, 0.5) is 17.1 Å². The van der Waals surface area contributed by atoms with Crippen LogP contribution >= 0.6 is 0 Å². The van der Waals surface area contributed by atoms with Crippen LogP contribution in [0.25, 0.3) is 0 Å². The Hall–Kier alpha value is -2.87. The number of carbonyl (C=O) groups excluding carboxylic acids is 2. The summed E-state index contributed by atoms with van der Waals surface area (Å²) in [6.07, 6.45) is 0.194. The average molecular weight is 371 g/mol. The standard InChI is InChI=1S/C18H17N3O4S/c1-10-14-9-12(3-5-15(14)19-18(10)23)20-26(24,25)13-4-6-16-11(7-13)8-17(22)21(16)2/h3-7,9-10,20H,8H2,1-2H3,(H,19,23). The second kappa shape index (κ2) is 5.57. The molecule has 0 saturated carbocycles. The molecule has 2 aliphatic heterocycles. The van der Waals surface area contributed by atoms with Gasteiger partial charge in [-0.15, -0.1) is 0 Å². The lowest BCUT2D eigenvalue weighted by molar-refractivity contribution is -0.117. The Morgan fingerprint density at radius 1 is 1.15 bits per heavy atom. The van der Waals surface area contributed by atoms with Crippen LogP contribution in [0.2, 0.25) is 0 Å². The van der Waals surface area contributed by atoms with Crippen LogP contribution in [0, 0.1) is 0 Å². The third-order valence-electron chi connectivity index (χ3n) is 4.86. The number of sulfonamides is 1. The summed E-state index contributed by atoms with van der Waals surface area (Å²) in [4.78, 5) is 25.1. The number of benzene rings is 2. The summed E-state index contributed by atoms with van der Waals surface area (Å²) in [5.41, 5.74) is 3.27. The molecule has 1 atom stereocenters. The van der Waals surface area contributed by atoms with Crippen molar-refractivity contribution >= 4 is 38.9 Å². The molecule has 0 saturated heterocycles. The first-order chi connectivity index (χ1) is 12.3. The molecule has 0 aromatic heterocycles. The highest BCUT2D eigenvalue weighted by molar-refractivity contribution is 7.92. The van der Waals surface area contributed by atoms with Gasteiger partial charge in [-0.2, -0.15) is 0 Å². The van der Waals surface area contributed by atoms with E-state index in [9.17, 15) is 18.0 Å². The van der Waals surface area contributed by atoms with Gasteiger partial charge in [-0.05, 0) is 54.4 Å². The minimum Gasteiger partial charge on any atom is -0.325 e. The molecule has 8 heteroatoms. The number of amides is 2. The topological polar surface area (TPSA) is 95.6 Å². The lowest BCUT2D eigenvalue weighted by Gasteiger charge is -2.12. The average Bonchev–Trinajstić information content (AvgIpc) is 3.04. The molecule has 2 aromatic rings. The number of anilines is 3. The van der Waals surface area contributed by atoms with Crippen LogP contribution in [-0.2, 0) is 26.0 Å². The molecule has 7 nitrogen and oxygen atoms in total. The van der Waals surface area contributed by atoms with Crippen LogP contribution in [0.5, 0.6) is 0 Å². The van der Waals surface area contributed by atoms with Crippen LogP contribution < -0.4 is 14.9 Å². The van der Waals surface area contributed by atoms with Crippen molar-refractivity contribution in [2.75, 3.05) is 22.0 Å². The van der Waals surface area contributed by atoms with E-state index in [1.165, 1.54) is 17.0 Å². The summed E-state index contributed by atoms with van der Waals surface area (Å²) >= 11 is 0. The number of likely N-dealkylation sites (N-methyl/N-ethyl adjacent to an activating group) is 1. The van der Waals surface area contributed by atoms with Crippen LogP contribution in [-0.4, -0.2) is 27.3 Å². The monoisotopic (exact) mass is 371 g/mol. The van der Waals surface area contributed by atoms with E-state index in [0.717, 1.165) is 11.3 Å². The maximum absolute atomic E-state index is 12.7. The van der Waals surface area contributed by atoms with Gasteiger partial charge in [0, 0.05) is 24.1 Å². The third kappa shape index (κ3) is 2.53. The van der Waals surface area contributed by atoms with E-state index < -0.39 is 10.0 Å². The Morgan fingerprint density at radius 2 is 1.92 bits per heavy atom. The van der Waals surface area contributed by atoms with E-state index in [1.54, 1.807) is 38.2 Å². The molecular weight excluding hydrogens is 354 g/mol. The van der Waals surface area contributed by atoms with Crippen molar-refractivity contribution in [1.82, 2.24) is 0 Å². The van der Waals surface area contributed by atoms with E-state index in [1.807, 2.05) is 0 Å². The Bertz CT molecular complexity index is 1060. The molecule has 26 heavy (non-hydrogen) atoms. The van der Waals surface area contributed by atoms with Gasteiger partial charge < -0.3 is 10.2 Å². The zero-order valence-corrected chi connectivity index (χ0v) is 15.1. The van der Waals surface area contributed by atoms with Gasteiger partial charge in [0.05, 0.1) is 17.2 Å². The molecule has 0 aliphatic carbocycles. The SMILES string of the molecule is CC1C(=O)Nc2ccc(NS(=O)(=O)c3ccc4c(c3)CC(=O)N4C)cc21. The summed E-state index contributed by atoms with van der Waals surface area (Å²) in [5.74, 6) is -0.490. The van der Waals surface area contributed by atoms with Gasteiger partial charge in [0.15, 0.2) is 0 Å². The van der Waals surface area contributed by atoms with Gasteiger partial charge in [-0.3, -0.25) is 14.3 Å². The second-order valence-corrected chi connectivity index (χ2v) is 8.22. The summed E-state index contributed by atoms with van der Waals surface area (Å²) in [6.45, 7) is 1.77. The zero-order valence-electron chi connectivity index (χ0n) is 14.2. The van der Waals surface area contributed by atoms with Crippen molar-refractivity contribution in [2.45, 2.75) is 24.2 Å². The Balaban J connectivity index is 1.64. The maximum atomic E-state index is 12.7. The molecule has 2 aliphatic rings. The van der Waals surface area contributed by atoms with E-state index in [2.05, 4.69) is 10.0 Å². The van der Waals surface area contributed by atoms with Crippen molar-refractivity contribution in [3.8, 4) is 0 Å². The Labute approximate surface area is 151 Å². The third-order valence-corrected chi connectivity index (χ3v) is 6.24. The van der Waals surface area contributed by atoms with E-state index in [0.29, 0.717) is 16.9 Å². The van der Waals surface area contributed by atoms with Crippen molar-refractivity contribution in [2.24, 2.45) is 0 Å². The van der Waals surface area contributed by atoms with Crippen molar-refractivity contribution in [3.63, 3.8) is 0 Å². The molecule has 4 rings (SSSR count). The Kier molecular flexibility index (Phi) is 3.55. The van der Waals surface area contributed by atoms with Gasteiger partial charge >= 0.3 is 0 Å². The first kappa shape index (κ1) is 16.6. The van der Waals surface area contributed by atoms with Crippen LogP contribution in [0.15, 0.2) is 41.3 Å². The molecule has 134 valence electrons. The number of carbonyl (C=O) groups is 2. The minimum atomic E-state index is -3.80. The number of rotatable bonds is 3. The molecule has 0 spiro atoms. The first-order valence-corrected chi connectivity index (χ1v) is 9.62. The van der Waals surface area contributed by atoms with E-state index >= 15 is 0 Å². The molecule has 2 N–H and O–H groups in total. The lowest BCUT2D eigenvalue weighted by Crippen LogP contribution is -2.20. The highest BCUT2D eigenvalue weighted by atomic mass is 32.2. The Morgan fingerprint density at radius 3 is 2.69 bits per heavy atom. The molecule has 2 heterocycles. The number of hydrogen-bond acceptors (Lipinski definition) is 4. The maximum Gasteiger partial charge on any atom is 0.261 e. The van der Waals surface area contributed by atoms with E-state index in [-0.39, 0.29) is 29.0 Å². The molecule has 1 unspecified atom stereocenters. The fourth-order valence-electron chi connectivity index (χ4n) is 3.31. The minimum absolute atomic E-state index is 0.0627. The zero-order chi connectivity index (χ0) is 18.6. The number of hydrogen-bond donors (Lipinski definition) is 2. The fourth-order valence-corrected chi connectivity index (χ4v) is 4.41. The summed E-state index contributed by atoms with van der Waals surface area (Å²) in [5, 5.41) is 2.75. The van der Waals surface area contributed by atoms with Gasteiger partial charge in [-0.1, -0.05) is 0 Å². The molecule has 0 bridgehead atoms. The number of fused-ring (bicyclic) bond motifs is 2. The fraction of sp³-hybridized carbons (Fsp3) is 0.222. The van der Waals surface area contributed by atoms with E-state index in [4.69, 9.17) is 0 Å². The molecule has 2 aromatic carbocycles. The quantitative estimate of drug-likeness (QED) is 0.863. The van der Waals surface area contributed by atoms with Crippen molar-refractivity contribution in [1.29, 1.82) is 0 Å². The first-order valence-electron chi connectivity index (χ1n) is 8.13. The van der Waals surface area contributed by atoms with Gasteiger partial charge in [0.1, 0.15) is 0 Å². The summed E-state index contributed by atoms with van der Waals surface area (Å²) in [6, 6.07) is 9.62. The number of nitrogens with one attached hydrogen (secondary N) is 2. The van der Waals surface area contributed by atoms with Gasteiger partial charge in [-0.25, -0.2) is 8.42 Å². The number of nitrogens with zero attached hydrogens (tertiary/aromatic N) is 1. The molecule has 0 fully saturated rings.